The molecule has 25 heavy (non-hydrogen) atoms. The molecule has 0 radical (unpaired) electrons. The van der Waals surface area contributed by atoms with Crippen LogP contribution in [0.3, 0.4) is 0 Å². The van der Waals surface area contributed by atoms with Gasteiger partial charge in [-0.15, -0.1) is 0 Å². The van der Waals surface area contributed by atoms with Crippen LogP contribution in [0.15, 0.2) is 43.0 Å². The summed E-state index contributed by atoms with van der Waals surface area (Å²) >= 11 is 0. The van der Waals surface area contributed by atoms with Crippen molar-refractivity contribution in [3.63, 3.8) is 0 Å². The number of morpholine rings is 1. The lowest BCUT2D eigenvalue weighted by molar-refractivity contribution is 0.0222. The molecule has 3 aromatic rings. The third kappa shape index (κ3) is 2.92. The summed E-state index contributed by atoms with van der Waals surface area (Å²) < 4.78 is 19.9. The highest BCUT2D eigenvalue weighted by atomic mass is 19.1. The van der Waals surface area contributed by atoms with E-state index in [-0.39, 0.29) is 11.4 Å². The molecular formula is C18H17FN4O2. The Kier molecular flexibility index (Phi) is 4.25. The Morgan fingerprint density at radius 1 is 1.16 bits per heavy atom. The van der Waals surface area contributed by atoms with E-state index >= 15 is 0 Å². The fraction of sp³-hybridized carbons (Fsp3) is 0.278. The number of ether oxygens (including phenoxy) is 1. The molecule has 4 rings (SSSR count). The number of hydrogen-bond acceptors (Lipinski definition) is 6. The minimum Gasteiger partial charge on any atom is -0.505 e. The minimum absolute atomic E-state index is 0.0291. The molecule has 0 spiro atoms. The number of pyridine rings is 1. The number of phenols is 1. The van der Waals surface area contributed by atoms with Crippen LogP contribution in [0.4, 0.5) is 4.39 Å². The Labute approximate surface area is 143 Å². The number of aromatic nitrogens is 3. The van der Waals surface area contributed by atoms with Gasteiger partial charge >= 0.3 is 0 Å². The molecule has 0 bridgehead atoms. The zero-order chi connectivity index (χ0) is 17.2. The number of fused-ring (bicyclic) bond motifs is 1. The third-order valence-electron chi connectivity index (χ3n) is 4.43. The quantitative estimate of drug-likeness (QED) is 0.789. The van der Waals surface area contributed by atoms with Crippen LogP contribution in [0.25, 0.3) is 10.9 Å². The smallest absolute Gasteiger partial charge is 0.147 e. The largest absolute Gasteiger partial charge is 0.505 e. The topological polar surface area (TPSA) is 71.4 Å². The first-order valence-electron chi connectivity index (χ1n) is 8.09. The van der Waals surface area contributed by atoms with E-state index in [1.807, 2.05) is 6.07 Å². The molecule has 1 aliphatic rings. The monoisotopic (exact) mass is 340 g/mol. The number of nitrogens with zero attached hydrogens (tertiary/aromatic N) is 4. The summed E-state index contributed by atoms with van der Waals surface area (Å²) in [6.45, 7) is 2.37. The summed E-state index contributed by atoms with van der Waals surface area (Å²) in [4.78, 5) is 14.5. The fourth-order valence-corrected chi connectivity index (χ4v) is 3.23. The summed E-state index contributed by atoms with van der Waals surface area (Å²) in [5.41, 5.74) is 1.31. The second-order valence-corrected chi connectivity index (χ2v) is 5.89. The van der Waals surface area contributed by atoms with Crippen LogP contribution < -0.4 is 0 Å². The molecule has 1 atom stereocenters. The van der Waals surface area contributed by atoms with Crippen LogP contribution in [-0.2, 0) is 4.74 Å². The lowest BCUT2D eigenvalue weighted by Crippen LogP contribution is -2.40. The van der Waals surface area contributed by atoms with Crippen molar-refractivity contribution in [1.82, 2.24) is 19.9 Å². The van der Waals surface area contributed by atoms with Gasteiger partial charge in [0.15, 0.2) is 0 Å². The predicted octanol–water partition coefficient (Wildman–Crippen LogP) is 2.29. The van der Waals surface area contributed by atoms with Gasteiger partial charge < -0.3 is 9.84 Å². The normalized spacial score (nSPS) is 16.8. The van der Waals surface area contributed by atoms with Gasteiger partial charge in [0.25, 0.3) is 0 Å². The summed E-state index contributed by atoms with van der Waals surface area (Å²) in [7, 11) is 0. The second kappa shape index (κ2) is 6.70. The van der Waals surface area contributed by atoms with Gasteiger partial charge in [0.05, 0.1) is 24.9 Å². The molecule has 3 heterocycles. The second-order valence-electron chi connectivity index (χ2n) is 5.89. The van der Waals surface area contributed by atoms with Crippen molar-refractivity contribution < 1.29 is 14.2 Å². The maximum absolute atomic E-state index is 14.5. The van der Waals surface area contributed by atoms with Crippen LogP contribution in [0.1, 0.15) is 17.3 Å². The summed E-state index contributed by atoms with van der Waals surface area (Å²) in [5.74, 6) is -0.373. The molecule has 0 aliphatic carbocycles. The molecular weight excluding hydrogens is 323 g/mol. The predicted molar refractivity (Wildman–Crippen MR) is 89.6 cm³/mol. The van der Waals surface area contributed by atoms with Crippen LogP contribution >= 0.6 is 0 Å². The van der Waals surface area contributed by atoms with Crippen LogP contribution in [0.2, 0.25) is 0 Å². The first-order chi connectivity index (χ1) is 12.3. The van der Waals surface area contributed by atoms with Gasteiger partial charge in [-0.25, -0.2) is 14.4 Å². The minimum atomic E-state index is -0.510. The lowest BCUT2D eigenvalue weighted by atomic mass is 9.97. The molecule has 2 aromatic heterocycles. The number of hydrogen-bond donors (Lipinski definition) is 1. The molecule has 1 fully saturated rings. The SMILES string of the molecule is Oc1c(C(c2ncccc2F)N2CCOCC2)ccc2cncnc12. The number of phenolic OH excluding ortho intramolecular Hbond substituents is 1. The van der Waals surface area contributed by atoms with E-state index in [2.05, 4.69) is 19.9 Å². The van der Waals surface area contributed by atoms with Crippen molar-refractivity contribution in [2.75, 3.05) is 26.3 Å². The molecule has 1 unspecified atom stereocenters. The molecule has 1 N–H and O–H groups in total. The van der Waals surface area contributed by atoms with Gasteiger partial charge in [0.1, 0.15) is 23.4 Å². The van der Waals surface area contributed by atoms with E-state index < -0.39 is 11.9 Å². The highest BCUT2D eigenvalue weighted by Gasteiger charge is 2.30. The van der Waals surface area contributed by atoms with Crippen molar-refractivity contribution in [1.29, 1.82) is 0 Å². The van der Waals surface area contributed by atoms with Crippen LogP contribution in [0, 0.1) is 5.82 Å². The van der Waals surface area contributed by atoms with Crippen molar-refractivity contribution in [2.45, 2.75) is 6.04 Å². The third-order valence-corrected chi connectivity index (χ3v) is 4.43. The van der Waals surface area contributed by atoms with E-state index in [9.17, 15) is 9.50 Å². The molecule has 1 aromatic carbocycles. The lowest BCUT2D eigenvalue weighted by Gasteiger charge is -2.34. The molecule has 7 heteroatoms. The molecule has 1 aliphatic heterocycles. The number of aromatic hydroxyl groups is 1. The van der Waals surface area contributed by atoms with Gasteiger partial charge in [-0.3, -0.25) is 9.88 Å². The summed E-state index contributed by atoms with van der Waals surface area (Å²) in [6, 6.07) is 6.05. The first-order valence-corrected chi connectivity index (χ1v) is 8.09. The maximum atomic E-state index is 14.5. The van der Waals surface area contributed by atoms with E-state index in [1.165, 1.54) is 12.4 Å². The summed E-state index contributed by atoms with van der Waals surface area (Å²) in [5, 5.41) is 11.5. The van der Waals surface area contributed by atoms with Crippen LogP contribution in [-0.4, -0.2) is 51.3 Å². The molecule has 128 valence electrons. The molecule has 1 saturated heterocycles. The van der Waals surface area contributed by atoms with Crippen molar-refractivity contribution in [2.24, 2.45) is 0 Å². The number of rotatable bonds is 3. The van der Waals surface area contributed by atoms with E-state index in [4.69, 9.17) is 4.74 Å². The van der Waals surface area contributed by atoms with Gasteiger partial charge in [-0.2, -0.15) is 0 Å². The van der Waals surface area contributed by atoms with Crippen LogP contribution in [0.5, 0.6) is 5.75 Å². The van der Waals surface area contributed by atoms with Gasteiger partial charge in [-0.1, -0.05) is 12.1 Å². The Morgan fingerprint density at radius 3 is 2.80 bits per heavy atom. The average Bonchev–Trinajstić information content (AvgIpc) is 2.66. The molecule has 0 amide bonds. The highest BCUT2D eigenvalue weighted by Crippen LogP contribution is 2.37. The zero-order valence-corrected chi connectivity index (χ0v) is 13.5. The van der Waals surface area contributed by atoms with E-state index in [0.29, 0.717) is 37.4 Å². The molecule has 0 saturated carbocycles. The number of halogens is 1. The van der Waals surface area contributed by atoms with Gasteiger partial charge in [0.2, 0.25) is 0 Å². The molecule has 6 nitrogen and oxygen atoms in total. The highest BCUT2D eigenvalue weighted by molar-refractivity contribution is 5.85. The van der Waals surface area contributed by atoms with E-state index in [1.54, 1.807) is 24.5 Å². The van der Waals surface area contributed by atoms with Gasteiger partial charge in [-0.05, 0) is 12.1 Å². The van der Waals surface area contributed by atoms with Crippen molar-refractivity contribution >= 4 is 10.9 Å². The summed E-state index contributed by atoms with van der Waals surface area (Å²) in [6.07, 6.45) is 4.58. The van der Waals surface area contributed by atoms with Gasteiger partial charge in [0, 0.05) is 36.4 Å². The zero-order valence-electron chi connectivity index (χ0n) is 13.5. The van der Waals surface area contributed by atoms with Crippen molar-refractivity contribution in [3.8, 4) is 5.75 Å². The Hall–Kier alpha value is -2.64. The average molecular weight is 340 g/mol. The number of benzene rings is 1. The first kappa shape index (κ1) is 15.9. The Morgan fingerprint density at radius 2 is 2.00 bits per heavy atom. The fourth-order valence-electron chi connectivity index (χ4n) is 3.23. The maximum Gasteiger partial charge on any atom is 0.147 e. The standard InChI is InChI=1S/C18H17FN4O2/c19-14-2-1-5-21-16(14)17(23-6-8-25-9-7-23)13-4-3-12-10-20-11-22-15(12)18(13)24/h1-5,10-11,17,24H,6-9H2. The Bertz CT molecular complexity index is 899. The van der Waals surface area contributed by atoms with Crippen molar-refractivity contribution in [3.05, 3.63) is 60.1 Å². The Balaban J connectivity index is 1.89. The van der Waals surface area contributed by atoms with E-state index in [0.717, 1.165) is 5.39 Å².